The average Bonchev–Trinajstić information content (AvgIpc) is 2.71. The van der Waals surface area contributed by atoms with Crippen molar-refractivity contribution < 1.29 is 19.0 Å². The minimum Gasteiger partial charge on any atom is -0.495 e. The highest BCUT2D eigenvalue weighted by atomic mass is 16.6. The normalized spacial score (nSPS) is 15.3. The molecule has 0 bridgehead atoms. The number of carbonyl (C=O) groups is 1. The van der Waals surface area contributed by atoms with E-state index >= 15 is 0 Å². The lowest BCUT2D eigenvalue weighted by Crippen LogP contribution is -2.37. The van der Waals surface area contributed by atoms with E-state index in [1.54, 1.807) is 12.1 Å². The number of nitriles is 1. The number of rotatable bonds is 6. The summed E-state index contributed by atoms with van der Waals surface area (Å²) in [6.07, 6.45) is 1.15. The topological polar surface area (TPSA) is 92.6 Å². The first-order chi connectivity index (χ1) is 13.6. The first kappa shape index (κ1) is 19.1. The fourth-order valence-corrected chi connectivity index (χ4v) is 2.71. The van der Waals surface area contributed by atoms with Crippen LogP contribution in [0.25, 0.3) is 0 Å². The molecule has 0 aliphatic carbocycles. The molecular formula is C21H21N3O4. The summed E-state index contributed by atoms with van der Waals surface area (Å²) in [6.45, 7) is 2.68. The van der Waals surface area contributed by atoms with Crippen LogP contribution in [-0.2, 0) is 4.79 Å². The average molecular weight is 379 g/mol. The third-order valence-electron chi connectivity index (χ3n) is 4.13. The van der Waals surface area contributed by atoms with Crippen molar-refractivity contribution in [3.05, 3.63) is 59.8 Å². The highest BCUT2D eigenvalue weighted by molar-refractivity contribution is 6.07. The van der Waals surface area contributed by atoms with Crippen molar-refractivity contribution in [1.82, 2.24) is 5.32 Å². The molecule has 1 aliphatic heterocycles. The number of nitrogens with zero attached hydrogens (tertiary/aromatic N) is 1. The first-order valence-corrected chi connectivity index (χ1v) is 8.79. The van der Waals surface area contributed by atoms with Gasteiger partial charge in [0.1, 0.15) is 30.1 Å². The molecule has 7 heteroatoms. The zero-order valence-electron chi connectivity index (χ0n) is 15.7. The summed E-state index contributed by atoms with van der Waals surface area (Å²) >= 11 is 0. The zero-order chi connectivity index (χ0) is 19.9. The second-order valence-electron chi connectivity index (χ2n) is 6.23. The van der Waals surface area contributed by atoms with E-state index in [1.165, 1.54) is 13.3 Å². The Morgan fingerprint density at radius 1 is 1.32 bits per heavy atom. The lowest BCUT2D eigenvalue weighted by molar-refractivity contribution is -0.112. The smallest absolute Gasteiger partial charge is 0.267 e. The van der Waals surface area contributed by atoms with Gasteiger partial charge in [0.25, 0.3) is 5.91 Å². The summed E-state index contributed by atoms with van der Waals surface area (Å²) in [4.78, 5) is 12.4. The lowest BCUT2D eigenvalue weighted by Gasteiger charge is -2.26. The number of nitrogens with one attached hydrogen (secondary N) is 2. The third kappa shape index (κ3) is 4.54. The monoisotopic (exact) mass is 379 g/mol. The van der Waals surface area contributed by atoms with Crippen LogP contribution in [0.15, 0.2) is 54.2 Å². The van der Waals surface area contributed by atoms with Gasteiger partial charge in [-0.25, -0.2) is 0 Å². The number of hydrogen-bond donors (Lipinski definition) is 2. The first-order valence-electron chi connectivity index (χ1n) is 8.79. The van der Waals surface area contributed by atoms with Crippen LogP contribution in [0.4, 0.5) is 5.69 Å². The van der Waals surface area contributed by atoms with Crippen LogP contribution in [0.3, 0.4) is 0 Å². The van der Waals surface area contributed by atoms with Crippen molar-refractivity contribution in [2.24, 2.45) is 0 Å². The van der Waals surface area contributed by atoms with Gasteiger partial charge in [0.05, 0.1) is 19.3 Å². The number of amides is 1. The molecule has 2 aromatic rings. The van der Waals surface area contributed by atoms with Crippen molar-refractivity contribution in [1.29, 1.82) is 5.26 Å². The van der Waals surface area contributed by atoms with Crippen molar-refractivity contribution in [2.45, 2.75) is 13.0 Å². The fraction of sp³-hybridized carbons (Fsp3) is 0.238. The van der Waals surface area contributed by atoms with E-state index in [4.69, 9.17) is 14.2 Å². The van der Waals surface area contributed by atoms with Crippen LogP contribution >= 0.6 is 0 Å². The molecule has 1 atom stereocenters. The number of anilines is 1. The number of hydrogen-bond acceptors (Lipinski definition) is 6. The van der Waals surface area contributed by atoms with Gasteiger partial charge in [0.15, 0.2) is 11.5 Å². The van der Waals surface area contributed by atoms with Crippen molar-refractivity contribution in [3.8, 4) is 23.3 Å². The number of fused-ring (bicyclic) bond motifs is 1. The number of para-hydroxylation sites is 2. The molecule has 7 nitrogen and oxygen atoms in total. The molecule has 1 aliphatic rings. The predicted octanol–water partition coefficient (Wildman–Crippen LogP) is 2.78. The third-order valence-corrected chi connectivity index (χ3v) is 4.13. The second kappa shape index (κ2) is 8.82. The van der Waals surface area contributed by atoms with E-state index in [2.05, 4.69) is 10.6 Å². The van der Waals surface area contributed by atoms with Crippen LogP contribution in [0, 0.1) is 18.3 Å². The van der Waals surface area contributed by atoms with E-state index in [0.717, 1.165) is 5.56 Å². The Labute approximate surface area is 163 Å². The van der Waals surface area contributed by atoms with Gasteiger partial charge in [-0.3, -0.25) is 4.79 Å². The van der Waals surface area contributed by atoms with E-state index in [0.29, 0.717) is 36.1 Å². The van der Waals surface area contributed by atoms with Crippen LogP contribution in [0.2, 0.25) is 0 Å². The van der Waals surface area contributed by atoms with Crippen LogP contribution < -0.4 is 24.8 Å². The lowest BCUT2D eigenvalue weighted by atomic mass is 10.2. The molecular weight excluding hydrogens is 358 g/mol. The van der Waals surface area contributed by atoms with Gasteiger partial charge in [0.2, 0.25) is 0 Å². The van der Waals surface area contributed by atoms with E-state index in [-0.39, 0.29) is 11.7 Å². The Morgan fingerprint density at radius 3 is 2.86 bits per heavy atom. The Kier molecular flexibility index (Phi) is 6.02. The molecule has 3 rings (SSSR count). The number of benzene rings is 2. The van der Waals surface area contributed by atoms with Gasteiger partial charge in [-0.2, -0.15) is 5.26 Å². The molecule has 1 heterocycles. The maximum absolute atomic E-state index is 12.4. The highest BCUT2D eigenvalue weighted by Gasteiger charge is 2.20. The minimum atomic E-state index is -0.523. The van der Waals surface area contributed by atoms with Gasteiger partial charge < -0.3 is 24.8 Å². The maximum Gasteiger partial charge on any atom is 0.267 e. The van der Waals surface area contributed by atoms with Crippen molar-refractivity contribution in [2.75, 3.05) is 25.6 Å². The summed E-state index contributed by atoms with van der Waals surface area (Å²) in [7, 11) is 1.52. The molecule has 0 spiro atoms. The molecule has 2 N–H and O–H groups in total. The Bertz CT molecular complexity index is 933. The molecule has 1 unspecified atom stereocenters. The molecule has 0 aromatic heterocycles. The van der Waals surface area contributed by atoms with E-state index in [9.17, 15) is 10.1 Å². The van der Waals surface area contributed by atoms with Gasteiger partial charge >= 0.3 is 0 Å². The summed E-state index contributed by atoms with van der Waals surface area (Å²) < 4.78 is 16.7. The molecule has 144 valence electrons. The summed E-state index contributed by atoms with van der Waals surface area (Å²) in [5.41, 5.74) is 1.42. The number of carbonyl (C=O) groups excluding carboxylic acids is 1. The van der Waals surface area contributed by atoms with Crippen LogP contribution in [0.1, 0.15) is 5.56 Å². The molecule has 2 aromatic carbocycles. The van der Waals surface area contributed by atoms with E-state index < -0.39 is 5.91 Å². The Balaban J connectivity index is 1.59. The standard InChI is InChI=1S/C21H21N3O4/c1-14-7-8-18(26-2)17(9-14)24-21(25)15(10-22)11-23-12-16-13-27-19-5-3-4-6-20(19)28-16/h3-9,11,16,23H,12-13H2,1-2H3,(H,24,25)/b15-11-. The van der Waals surface area contributed by atoms with E-state index in [1.807, 2.05) is 43.3 Å². The van der Waals surface area contributed by atoms with Gasteiger partial charge in [-0.1, -0.05) is 18.2 Å². The van der Waals surface area contributed by atoms with Crippen molar-refractivity contribution in [3.63, 3.8) is 0 Å². The van der Waals surface area contributed by atoms with Crippen LogP contribution in [0.5, 0.6) is 17.2 Å². The molecule has 0 saturated carbocycles. The summed E-state index contributed by atoms with van der Waals surface area (Å²) in [5, 5.41) is 15.0. The van der Waals surface area contributed by atoms with Gasteiger partial charge in [-0.15, -0.1) is 0 Å². The molecule has 0 fully saturated rings. The number of methoxy groups -OCH3 is 1. The molecule has 28 heavy (non-hydrogen) atoms. The van der Waals surface area contributed by atoms with Gasteiger partial charge in [0, 0.05) is 6.20 Å². The SMILES string of the molecule is COc1ccc(C)cc1NC(=O)/C(C#N)=C\NCC1COc2ccccc2O1. The summed E-state index contributed by atoms with van der Waals surface area (Å²) in [5.74, 6) is 1.38. The Morgan fingerprint density at radius 2 is 2.11 bits per heavy atom. The zero-order valence-corrected chi connectivity index (χ0v) is 15.7. The van der Waals surface area contributed by atoms with Gasteiger partial charge in [-0.05, 0) is 36.8 Å². The largest absolute Gasteiger partial charge is 0.495 e. The minimum absolute atomic E-state index is 0.0549. The quantitative estimate of drug-likeness (QED) is 0.592. The second-order valence-corrected chi connectivity index (χ2v) is 6.23. The maximum atomic E-state index is 12.4. The highest BCUT2D eigenvalue weighted by Crippen LogP contribution is 2.30. The molecule has 0 saturated heterocycles. The molecule has 0 radical (unpaired) electrons. The van der Waals surface area contributed by atoms with Crippen LogP contribution in [-0.4, -0.2) is 32.3 Å². The predicted molar refractivity (Wildman–Crippen MR) is 104 cm³/mol. The Hall–Kier alpha value is -3.66. The summed E-state index contributed by atoms with van der Waals surface area (Å²) in [6, 6.07) is 14.7. The fourth-order valence-electron chi connectivity index (χ4n) is 2.71. The number of ether oxygens (including phenoxy) is 3. The van der Waals surface area contributed by atoms with Crippen molar-refractivity contribution >= 4 is 11.6 Å². The number of aryl methyl sites for hydroxylation is 1. The molecule has 1 amide bonds.